The van der Waals surface area contributed by atoms with Gasteiger partial charge in [-0.1, -0.05) is 23.7 Å². The van der Waals surface area contributed by atoms with Gasteiger partial charge >= 0.3 is 0 Å². The molecule has 58 valence electrons. The van der Waals surface area contributed by atoms with Crippen LogP contribution in [0.4, 0.5) is 5.82 Å². The summed E-state index contributed by atoms with van der Waals surface area (Å²) in [5.41, 5.74) is 6.80. The van der Waals surface area contributed by atoms with Crippen LogP contribution in [0.5, 0.6) is 0 Å². The van der Waals surface area contributed by atoms with Gasteiger partial charge in [-0.15, -0.1) is 0 Å². The Morgan fingerprint density at radius 2 is 2.00 bits per heavy atom. The van der Waals surface area contributed by atoms with Crippen LogP contribution in [-0.4, -0.2) is 12.8 Å². The lowest BCUT2D eigenvalue weighted by atomic mass is 9.94. The maximum Gasteiger partial charge on any atom is 0.139 e. The molecule has 0 aliphatic heterocycles. The number of nitrogens with zero attached hydrogens (tertiary/aromatic N) is 1. The average molecular weight is 156 g/mol. The molecular weight excluding hydrogens is 147 g/mol. The van der Waals surface area contributed by atoms with Crippen molar-refractivity contribution >= 4 is 29.9 Å². The van der Waals surface area contributed by atoms with Gasteiger partial charge in [0.25, 0.3) is 0 Å². The minimum absolute atomic E-state index is 0.575. The van der Waals surface area contributed by atoms with Crippen LogP contribution in [0, 0.1) is 0 Å². The third kappa shape index (κ3) is 1.14. The number of fused-ring (bicyclic) bond motifs is 1. The molecule has 0 saturated carbocycles. The molecule has 0 atom stereocenters. The Morgan fingerprint density at radius 3 is 2.83 bits per heavy atom. The molecule has 0 spiro atoms. The van der Waals surface area contributed by atoms with E-state index in [0.29, 0.717) is 5.82 Å². The van der Waals surface area contributed by atoms with Crippen molar-refractivity contribution in [3.05, 3.63) is 30.5 Å². The van der Waals surface area contributed by atoms with Gasteiger partial charge < -0.3 is 5.73 Å². The van der Waals surface area contributed by atoms with Crippen molar-refractivity contribution in [3.63, 3.8) is 0 Å². The highest BCUT2D eigenvalue weighted by molar-refractivity contribution is 6.33. The van der Waals surface area contributed by atoms with Gasteiger partial charge in [0.1, 0.15) is 13.7 Å². The van der Waals surface area contributed by atoms with E-state index >= 15 is 0 Å². The maximum absolute atomic E-state index is 5.55. The quantitative estimate of drug-likeness (QED) is 0.548. The van der Waals surface area contributed by atoms with E-state index in [2.05, 4.69) is 31.0 Å². The smallest absolute Gasteiger partial charge is 0.139 e. The van der Waals surface area contributed by atoms with Crippen LogP contribution in [-0.2, 0) is 0 Å². The number of hydrogen-bond acceptors (Lipinski definition) is 2. The van der Waals surface area contributed by atoms with Gasteiger partial charge in [0, 0.05) is 6.20 Å². The minimum Gasteiger partial charge on any atom is -0.384 e. The first-order chi connectivity index (χ1) is 5.75. The number of anilines is 1. The number of rotatable bonds is 0. The Balaban J connectivity index is 2.79. The number of pyridine rings is 1. The molecule has 2 aromatic rings. The lowest BCUT2D eigenvalue weighted by Crippen LogP contribution is -2.00. The van der Waals surface area contributed by atoms with Gasteiger partial charge in [0.2, 0.25) is 0 Å². The zero-order valence-corrected chi connectivity index (χ0v) is 6.91. The van der Waals surface area contributed by atoms with E-state index in [-0.39, 0.29) is 0 Å². The highest BCUT2D eigenvalue weighted by atomic mass is 14.8. The van der Waals surface area contributed by atoms with E-state index in [1.165, 1.54) is 5.46 Å². The predicted molar refractivity (Wildman–Crippen MR) is 54.3 cm³/mol. The highest BCUT2D eigenvalue weighted by Gasteiger charge is 1.94. The van der Waals surface area contributed by atoms with E-state index in [9.17, 15) is 0 Å². The molecule has 2 N–H and O–H groups in total. The fraction of sp³-hybridized carbons (Fsp3) is 0. The molecule has 1 aromatic carbocycles. The molecule has 0 radical (unpaired) electrons. The molecule has 0 saturated heterocycles. The summed E-state index contributed by atoms with van der Waals surface area (Å²) in [7, 11) is 2.07. The topological polar surface area (TPSA) is 38.9 Å². The number of hydrogen-bond donors (Lipinski definition) is 1. The van der Waals surface area contributed by atoms with Crippen LogP contribution in [0.2, 0.25) is 0 Å². The Labute approximate surface area is 71.8 Å². The van der Waals surface area contributed by atoms with Gasteiger partial charge in [0.15, 0.2) is 0 Å². The fourth-order valence-corrected chi connectivity index (χ4v) is 1.28. The van der Waals surface area contributed by atoms with E-state index in [0.717, 1.165) is 10.8 Å². The summed E-state index contributed by atoms with van der Waals surface area (Å²) in [6.07, 6.45) is 1.80. The normalized spacial score (nSPS) is 10.3. The molecule has 0 fully saturated rings. The lowest BCUT2D eigenvalue weighted by Gasteiger charge is -1.99. The van der Waals surface area contributed by atoms with Crippen LogP contribution in [0.1, 0.15) is 0 Å². The largest absolute Gasteiger partial charge is 0.384 e. The van der Waals surface area contributed by atoms with Crippen LogP contribution in [0.3, 0.4) is 0 Å². The third-order valence-electron chi connectivity index (χ3n) is 1.90. The SMILES string of the molecule is Bc1ccc2cc(N)ncc2c1. The van der Waals surface area contributed by atoms with E-state index in [1.54, 1.807) is 6.20 Å². The minimum atomic E-state index is 0.575. The van der Waals surface area contributed by atoms with Gasteiger partial charge in [-0.25, -0.2) is 4.98 Å². The Hall–Kier alpha value is -1.51. The Morgan fingerprint density at radius 1 is 1.17 bits per heavy atom. The first kappa shape index (κ1) is 7.16. The van der Waals surface area contributed by atoms with Gasteiger partial charge in [-0.05, 0) is 16.8 Å². The van der Waals surface area contributed by atoms with Crippen molar-refractivity contribution in [1.82, 2.24) is 4.98 Å². The molecule has 2 nitrogen and oxygen atoms in total. The number of nitrogens with two attached hydrogens (primary N) is 1. The van der Waals surface area contributed by atoms with Crippen LogP contribution >= 0.6 is 0 Å². The molecule has 0 aliphatic carbocycles. The highest BCUT2D eigenvalue weighted by Crippen LogP contribution is 2.12. The van der Waals surface area contributed by atoms with E-state index < -0.39 is 0 Å². The number of aromatic nitrogens is 1. The zero-order chi connectivity index (χ0) is 8.55. The predicted octanol–water partition coefficient (Wildman–Crippen LogP) is 0.0754. The lowest BCUT2D eigenvalue weighted by molar-refractivity contribution is 1.37. The molecule has 0 bridgehead atoms. The summed E-state index contributed by atoms with van der Waals surface area (Å²) in [6, 6.07) is 8.11. The van der Waals surface area contributed by atoms with Crippen molar-refractivity contribution < 1.29 is 0 Å². The summed E-state index contributed by atoms with van der Waals surface area (Å²) in [6.45, 7) is 0. The molecule has 0 unspecified atom stereocenters. The molecule has 2 rings (SSSR count). The molecule has 12 heavy (non-hydrogen) atoms. The maximum atomic E-state index is 5.55. The molecule has 0 amide bonds. The van der Waals surface area contributed by atoms with Gasteiger partial charge in [0.05, 0.1) is 0 Å². The molecule has 1 heterocycles. The molecule has 1 aromatic heterocycles. The van der Waals surface area contributed by atoms with Crippen molar-refractivity contribution in [2.75, 3.05) is 5.73 Å². The third-order valence-corrected chi connectivity index (χ3v) is 1.90. The summed E-state index contributed by atoms with van der Waals surface area (Å²) < 4.78 is 0. The van der Waals surface area contributed by atoms with Crippen LogP contribution in [0.15, 0.2) is 30.5 Å². The zero-order valence-electron chi connectivity index (χ0n) is 6.91. The Bertz CT molecular complexity index is 385. The first-order valence-corrected chi connectivity index (χ1v) is 3.87. The van der Waals surface area contributed by atoms with Crippen molar-refractivity contribution in [1.29, 1.82) is 0 Å². The molecule has 3 heteroatoms. The fourth-order valence-electron chi connectivity index (χ4n) is 1.28. The van der Waals surface area contributed by atoms with Crippen molar-refractivity contribution in [3.8, 4) is 0 Å². The van der Waals surface area contributed by atoms with Gasteiger partial charge in [-0.2, -0.15) is 0 Å². The second-order valence-corrected chi connectivity index (χ2v) is 2.96. The molecule has 0 aliphatic rings. The summed E-state index contributed by atoms with van der Waals surface area (Å²) >= 11 is 0. The summed E-state index contributed by atoms with van der Waals surface area (Å²) in [5.74, 6) is 0.575. The second-order valence-electron chi connectivity index (χ2n) is 2.96. The second kappa shape index (κ2) is 2.52. The van der Waals surface area contributed by atoms with Crippen LogP contribution < -0.4 is 11.2 Å². The average Bonchev–Trinajstić information content (AvgIpc) is 2.05. The number of benzene rings is 1. The van der Waals surface area contributed by atoms with Crippen molar-refractivity contribution in [2.24, 2.45) is 0 Å². The summed E-state index contributed by atoms with van der Waals surface area (Å²) in [5, 5.41) is 2.29. The first-order valence-electron chi connectivity index (χ1n) is 3.87. The monoisotopic (exact) mass is 156 g/mol. The standard InChI is InChI=1S/C9H9BN2/c10-8-2-1-6-4-9(11)12-5-7(6)3-8/h1-5H,10H2,(H2,11,12). The van der Waals surface area contributed by atoms with E-state index in [1.807, 2.05) is 6.07 Å². The van der Waals surface area contributed by atoms with E-state index in [4.69, 9.17) is 5.73 Å². The summed E-state index contributed by atoms with van der Waals surface area (Å²) in [4.78, 5) is 4.03. The Kier molecular flexibility index (Phi) is 1.50. The van der Waals surface area contributed by atoms with Gasteiger partial charge in [-0.3, -0.25) is 0 Å². The van der Waals surface area contributed by atoms with Crippen molar-refractivity contribution in [2.45, 2.75) is 0 Å². The number of nitrogen functional groups attached to an aromatic ring is 1. The van der Waals surface area contributed by atoms with Crippen LogP contribution in [0.25, 0.3) is 10.8 Å². The molecular formula is C9H9BN2.